The van der Waals surface area contributed by atoms with E-state index in [-0.39, 0.29) is 18.3 Å². The number of anilines is 1. The van der Waals surface area contributed by atoms with E-state index in [0.29, 0.717) is 11.4 Å². The smallest absolute Gasteiger partial charge is 0.262 e. The third-order valence-electron chi connectivity index (χ3n) is 3.91. The fraction of sp³-hybridized carbons (Fsp3) is 0.0526. The SMILES string of the molecule is O=C1COc2ccc(-c3ccnc([NH2+]c4cccc(O)c4)c3)cc2N1. The molecule has 0 saturated heterocycles. The number of aromatic nitrogens is 1. The predicted octanol–water partition coefficient (Wildman–Crippen LogP) is 2.31. The second-order valence-electron chi connectivity index (χ2n) is 5.76. The highest BCUT2D eigenvalue weighted by atomic mass is 16.5. The van der Waals surface area contributed by atoms with Crippen molar-refractivity contribution in [3.63, 3.8) is 0 Å². The van der Waals surface area contributed by atoms with Crippen molar-refractivity contribution in [3.05, 3.63) is 60.8 Å². The Hall–Kier alpha value is -3.38. The zero-order chi connectivity index (χ0) is 17.2. The van der Waals surface area contributed by atoms with E-state index in [1.165, 1.54) is 0 Å². The number of hydrogen-bond acceptors (Lipinski definition) is 4. The third kappa shape index (κ3) is 3.29. The fourth-order valence-electron chi connectivity index (χ4n) is 2.75. The highest BCUT2D eigenvalue weighted by Gasteiger charge is 2.16. The normalized spacial score (nSPS) is 12.9. The third-order valence-corrected chi connectivity index (χ3v) is 3.91. The molecular formula is C19H16N3O3+. The molecule has 0 radical (unpaired) electrons. The maximum absolute atomic E-state index is 11.5. The minimum atomic E-state index is -0.155. The molecule has 25 heavy (non-hydrogen) atoms. The summed E-state index contributed by atoms with van der Waals surface area (Å²) in [5.74, 6) is 1.51. The van der Waals surface area contributed by atoms with Gasteiger partial charge in [-0.3, -0.25) is 10.1 Å². The van der Waals surface area contributed by atoms with Gasteiger partial charge in [0, 0.05) is 18.3 Å². The molecule has 0 bridgehead atoms. The van der Waals surface area contributed by atoms with Gasteiger partial charge < -0.3 is 15.2 Å². The van der Waals surface area contributed by atoms with Gasteiger partial charge in [-0.05, 0) is 41.5 Å². The fourth-order valence-corrected chi connectivity index (χ4v) is 2.75. The van der Waals surface area contributed by atoms with Crippen LogP contribution < -0.4 is 15.4 Å². The highest BCUT2D eigenvalue weighted by molar-refractivity contribution is 5.96. The van der Waals surface area contributed by atoms with Gasteiger partial charge >= 0.3 is 0 Å². The molecule has 3 aromatic rings. The number of phenolic OH excluding ortho intramolecular Hbond substituents is 1. The van der Waals surface area contributed by atoms with Crippen molar-refractivity contribution < 1.29 is 20.0 Å². The molecule has 0 atom stereocenters. The first kappa shape index (κ1) is 15.2. The maximum Gasteiger partial charge on any atom is 0.262 e. The first-order valence-corrected chi connectivity index (χ1v) is 7.84. The molecule has 0 aliphatic carbocycles. The first-order chi connectivity index (χ1) is 12.2. The average molecular weight is 334 g/mol. The van der Waals surface area contributed by atoms with Crippen LogP contribution in [-0.2, 0) is 4.79 Å². The van der Waals surface area contributed by atoms with Crippen molar-refractivity contribution in [1.29, 1.82) is 0 Å². The van der Waals surface area contributed by atoms with Crippen LogP contribution in [0.5, 0.6) is 11.5 Å². The Labute approximate surface area is 144 Å². The van der Waals surface area contributed by atoms with E-state index in [9.17, 15) is 9.90 Å². The summed E-state index contributed by atoms with van der Waals surface area (Å²) in [5, 5.41) is 14.3. The minimum Gasteiger partial charge on any atom is -0.508 e. The summed E-state index contributed by atoms with van der Waals surface area (Å²) < 4.78 is 5.39. The second kappa shape index (κ2) is 6.26. The van der Waals surface area contributed by atoms with Gasteiger partial charge in [0.1, 0.15) is 17.2 Å². The number of carbonyl (C=O) groups excluding carboxylic acids is 1. The quantitative estimate of drug-likeness (QED) is 0.641. The Balaban J connectivity index is 1.63. The van der Waals surface area contributed by atoms with Crippen LogP contribution >= 0.6 is 0 Å². The van der Waals surface area contributed by atoms with Crippen molar-refractivity contribution in [2.75, 3.05) is 11.9 Å². The monoisotopic (exact) mass is 334 g/mol. The topological polar surface area (TPSA) is 88.1 Å². The van der Waals surface area contributed by atoms with Gasteiger partial charge in [-0.1, -0.05) is 12.1 Å². The Bertz CT molecular complexity index is 956. The van der Waals surface area contributed by atoms with E-state index < -0.39 is 0 Å². The predicted molar refractivity (Wildman–Crippen MR) is 93.1 cm³/mol. The van der Waals surface area contributed by atoms with Crippen LogP contribution in [0.25, 0.3) is 11.1 Å². The number of ether oxygens (including phenoxy) is 1. The molecule has 6 nitrogen and oxygen atoms in total. The van der Waals surface area contributed by atoms with E-state index in [1.54, 1.807) is 24.4 Å². The van der Waals surface area contributed by atoms with Gasteiger partial charge in [0.25, 0.3) is 5.91 Å². The molecule has 1 amide bonds. The standard InChI is InChI=1S/C19H15N3O3/c23-15-3-1-2-14(10-15)21-18-9-13(6-7-20-18)12-4-5-17-16(8-12)22-19(24)11-25-17/h1-10,23H,11H2,(H,20,21)(H,22,24)/p+1. The van der Waals surface area contributed by atoms with Gasteiger partial charge in [-0.15, -0.1) is 0 Å². The molecule has 6 heteroatoms. The molecule has 124 valence electrons. The van der Waals surface area contributed by atoms with Crippen LogP contribution in [0.15, 0.2) is 60.8 Å². The average Bonchev–Trinajstić information content (AvgIpc) is 2.61. The molecule has 0 spiro atoms. The number of phenols is 1. The molecule has 2 heterocycles. The van der Waals surface area contributed by atoms with Gasteiger partial charge in [-0.25, -0.2) is 4.98 Å². The molecule has 2 aromatic carbocycles. The number of hydrogen-bond donors (Lipinski definition) is 3. The van der Waals surface area contributed by atoms with E-state index in [4.69, 9.17) is 4.74 Å². The van der Waals surface area contributed by atoms with Crippen LogP contribution in [0, 0.1) is 0 Å². The second-order valence-corrected chi connectivity index (χ2v) is 5.76. The maximum atomic E-state index is 11.5. The lowest BCUT2D eigenvalue weighted by Gasteiger charge is -2.18. The summed E-state index contributed by atoms with van der Waals surface area (Å²) in [6.45, 7) is 0.0463. The number of nitrogens with one attached hydrogen (secondary N) is 1. The van der Waals surface area contributed by atoms with Crippen molar-refractivity contribution in [3.8, 4) is 22.6 Å². The molecule has 0 unspecified atom stereocenters. The number of aromatic hydroxyl groups is 1. The number of nitrogens with zero attached hydrogens (tertiary/aromatic N) is 1. The van der Waals surface area contributed by atoms with E-state index in [2.05, 4.69) is 10.3 Å². The molecular weight excluding hydrogens is 318 g/mol. The number of pyridine rings is 1. The summed E-state index contributed by atoms with van der Waals surface area (Å²) in [6, 6.07) is 16.6. The summed E-state index contributed by atoms with van der Waals surface area (Å²) in [5.41, 5.74) is 3.47. The number of quaternary nitrogens is 1. The molecule has 1 aliphatic rings. The number of nitrogens with two attached hydrogens (primary N) is 1. The van der Waals surface area contributed by atoms with Crippen LogP contribution in [0.2, 0.25) is 0 Å². The van der Waals surface area contributed by atoms with Crippen molar-refractivity contribution >= 4 is 23.1 Å². The van der Waals surface area contributed by atoms with Gasteiger partial charge in [0.2, 0.25) is 5.82 Å². The number of rotatable bonds is 3. The molecule has 4 rings (SSSR count). The van der Waals surface area contributed by atoms with E-state index >= 15 is 0 Å². The summed E-state index contributed by atoms with van der Waals surface area (Å²) in [4.78, 5) is 15.8. The summed E-state index contributed by atoms with van der Waals surface area (Å²) >= 11 is 0. The lowest BCUT2D eigenvalue weighted by Crippen LogP contribution is -2.71. The van der Waals surface area contributed by atoms with Crippen molar-refractivity contribution in [2.24, 2.45) is 0 Å². The Morgan fingerprint density at radius 1 is 1.08 bits per heavy atom. The molecule has 1 aliphatic heterocycles. The lowest BCUT2D eigenvalue weighted by atomic mass is 10.1. The summed E-state index contributed by atoms with van der Waals surface area (Å²) in [7, 11) is 0. The summed E-state index contributed by atoms with van der Waals surface area (Å²) in [6.07, 6.45) is 1.73. The number of amides is 1. The largest absolute Gasteiger partial charge is 0.508 e. The van der Waals surface area contributed by atoms with Crippen molar-refractivity contribution in [2.45, 2.75) is 0 Å². The molecule has 0 saturated carbocycles. The Kier molecular flexibility index (Phi) is 3.80. The first-order valence-electron chi connectivity index (χ1n) is 7.84. The lowest BCUT2D eigenvalue weighted by molar-refractivity contribution is -0.483. The van der Waals surface area contributed by atoms with Crippen LogP contribution in [0.3, 0.4) is 0 Å². The minimum absolute atomic E-state index is 0.0463. The Morgan fingerprint density at radius 2 is 1.96 bits per heavy atom. The number of carbonyl (C=O) groups is 1. The van der Waals surface area contributed by atoms with Crippen LogP contribution in [0.1, 0.15) is 0 Å². The van der Waals surface area contributed by atoms with Crippen molar-refractivity contribution in [1.82, 2.24) is 4.98 Å². The Morgan fingerprint density at radius 3 is 2.84 bits per heavy atom. The van der Waals surface area contributed by atoms with Gasteiger partial charge in [0.15, 0.2) is 6.61 Å². The number of fused-ring (bicyclic) bond motifs is 1. The zero-order valence-corrected chi connectivity index (χ0v) is 13.3. The van der Waals surface area contributed by atoms with Crippen LogP contribution in [-0.4, -0.2) is 22.6 Å². The zero-order valence-electron chi connectivity index (χ0n) is 13.3. The number of benzene rings is 2. The van der Waals surface area contributed by atoms with E-state index in [0.717, 1.165) is 22.6 Å². The van der Waals surface area contributed by atoms with Gasteiger partial charge in [0.05, 0.1) is 5.69 Å². The van der Waals surface area contributed by atoms with Gasteiger partial charge in [-0.2, -0.15) is 0 Å². The molecule has 4 N–H and O–H groups in total. The molecule has 1 aromatic heterocycles. The van der Waals surface area contributed by atoms with E-state index in [1.807, 2.05) is 41.7 Å². The highest BCUT2D eigenvalue weighted by Crippen LogP contribution is 2.32. The van der Waals surface area contributed by atoms with Crippen LogP contribution in [0.4, 0.5) is 17.2 Å². The molecule has 0 fully saturated rings.